The van der Waals surface area contributed by atoms with Crippen LogP contribution in [0.4, 0.5) is 8.78 Å². The molecule has 1 aliphatic rings. The summed E-state index contributed by atoms with van der Waals surface area (Å²) in [6, 6.07) is 0. The Bertz CT molecular complexity index is 255. The van der Waals surface area contributed by atoms with Crippen LogP contribution < -0.4 is 0 Å². The summed E-state index contributed by atoms with van der Waals surface area (Å²) in [7, 11) is 0. The van der Waals surface area contributed by atoms with E-state index >= 15 is 0 Å². The number of alkyl halides is 3. The van der Waals surface area contributed by atoms with E-state index in [9.17, 15) is 8.78 Å². The van der Waals surface area contributed by atoms with Crippen LogP contribution >= 0.6 is 22.6 Å². The van der Waals surface area contributed by atoms with Crippen LogP contribution in [0.25, 0.3) is 0 Å². The van der Waals surface area contributed by atoms with E-state index in [1.165, 1.54) is 0 Å². The van der Waals surface area contributed by atoms with Crippen LogP contribution in [0, 0.1) is 17.8 Å². The Morgan fingerprint density at radius 3 is 2.57 bits per heavy atom. The predicted molar refractivity (Wildman–Crippen MR) is 62.8 cm³/mol. The third kappa shape index (κ3) is 3.08. The van der Waals surface area contributed by atoms with Crippen LogP contribution in [0.1, 0.15) is 39.5 Å². The van der Waals surface area contributed by atoms with Crippen molar-refractivity contribution in [1.82, 2.24) is 0 Å². The summed E-state index contributed by atoms with van der Waals surface area (Å²) in [6.07, 6.45) is 3.01. The first kappa shape index (κ1) is 12.2. The standard InChI is InChI=1S/C11H15F2I/c1-10(2,14)9-7-5-3-4-6-8-11(9,12)13/h9H,3-5,7H2,1-2H3. The van der Waals surface area contributed by atoms with E-state index < -0.39 is 15.3 Å². The Morgan fingerprint density at radius 2 is 2.00 bits per heavy atom. The van der Waals surface area contributed by atoms with Crippen molar-refractivity contribution < 1.29 is 8.78 Å². The van der Waals surface area contributed by atoms with Crippen LogP contribution in [0.15, 0.2) is 0 Å². The fourth-order valence-electron chi connectivity index (χ4n) is 1.78. The van der Waals surface area contributed by atoms with Crippen LogP contribution in [0.3, 0.4) is 0 Å². The van der Waals surface area contributed by atoms with Gasteiger partial charge in [0.1, 0.15) is 0 Å². The van der Waals surface area contributed by atoms with Gasteiger partial charge in [0.25, 0.3) is 0 Å². The molecule has 1 aliphatic carbocycles. The molecule has 0 saturated heterocycles. The van der Waals surface area contributed by atoms with Gasteiger partial charge in [-0.2, -0.15) is 8.78 Å². The first-order chi connectivity index (χ1) is 6.34. The molecule has 1 rings (SSSR count). The molecule has 0 spiro atoms. The lowest BCUT2D eigenvalue weighted by molar-refractivity contribution is -0.0144. The van der Waals surface area contributed by atoms with Gasteiger partial charge in [0.2, 0.25) is 0 Å². The number of halogens is 3. The summed E-state index contributed by atoms with van der Waals surface area (Å²) in [5.41, 5.74) is 0. The van der Waals surface area contributed by atoms with Gasteiger partial charge in [-0.15, -0.1) is 0 Å². The van der Waals surface area contributed by atoms with E-state index in [1.807, 2.05) is 13.8 Å². The fourth-order valence-corrected chi connectivity index (χ4v) is 2.49. The van der Waals surface area contributed by atoms with E-state index in [0.29, 0.717) is 12.8 Å². The molecule has 0 radical (unpaired) electrons. The highest BCUT2D eigenvalue weighted by atomic mass is 127. The molecule has 14 heavy (non-hydrogen) atoms. The lowest BCUT2D eigenvalue weighted by Gasteiger charge is -2.33. The van der Waals surface area contributed by atoms with E-state index in [4.69, 9.17) is 0 Å². The summed E-state index contributed by atoms with van der Waals surface area (Å²) in [4.78, 5) is 0. The maximum absolute atomic E-state index is 13.6. The first-order valence-corrected chi connectivity index (χ1v) is 5.98. The molecule has 0 fully saturated rings. The largest absolute Gasteiger partial charge is 0.312 e. The summed E-state index contributed by atoms with van der Waals surface area (Å²) in [6.45, 7) is 3.71. The number of hydrogen-bond acceptors (Lipinski definition) is 0. The Balaban J connectivity index is 2.92. The summed E-state index contributed by atoms with van der Waals surface area (Å²) in [5, 5.41) is 0. The summed E-state index contributed by atoms with van der Waals surface area (Å²) < 4.78 is 26.9. The van der Waals surface area contributed by atoms with Crippen LogP contribution in [0.5, 0.6) is 0 Å². The van der Waals surface area contributed by atoms with Crippen molar-refractivity contribution in [2.75, 3.05) is 0 Å². The molecule has 0 heterocycles. The van der Waals surface area contributed by atoms with Gasteiger partial charge in [-0.3, -0.25) is 0 Å². The fraction of sp³-hybridized carbons (Fsp3) is 0.818. The Labute approximate surface area is 98.0 Å². The minimum absolute atomic E-state index is 0.396. The monoisotopic (exact) mass is 312 g/mol. The summed E-state index contributed by atoms with van der Waals surface area (Å²) >= 11 is 2.10. The van der Waals surface area contributed by atoms with Gasteiger partial charge in [0.05, 0.1) is 0 Å². The zero-order valence-corrected chi connectivity index (χ0v) is 10.7. The molecule has 1 unspecified atom stereocenters. The van der Waals surface area contributed by atoms with Crippen molar-refractivity contribution >= 4 is 22.6 Å². The van der Waals surface area contributed by atoms with Gasteiger partial charge in [-0.1, -0.05) is 48.8 Å². The van der Waals surface area contributed by atoms with E-state index in [2.05, 4.69) is 34.4 Å². The molecular formula is C11H15F2I. The van der Waals surface area contributed by atoms with Crippen molar-refractivity contribution in [1.29, 1.82) is 0 Å². The van der Waals surface area contributed by atoms with Gasteiger partial charge < -0.3 is 0 Å². The minimum Gasteiger partial charge on any atom is -0.192 e. The second-order valence-corrected chi connectivity index (χ2v) is 7.07. The van der Waals surface area contributed by atoms with Crippen LogP contribution in [-0.2, 0) is 0 Å². The molecule has 0 nitrogen and oxygen atoms in total. The highest BCUT2D eigenvalue weighted by Crippen LogP contribution is 2.42. The lowest BCUT2D eigenvalue weighted by atomic mass is 9.84. The van der Waals surface area contributed by atoms with Gasteiger partial charge in [-0.05, 0) is 18.8 Å². The van der Waals surface area contributed by atoms with Crippen LogP contribution in [-0.4, -0.2) is 9.34 Å². The second kappa shape index (κ2) is 4.34. The zero-order valence-electron chi connectivity index (χ0n) is 8.54. The van der Waals surface area contributed by atoms with Crippen molar-refractivity contribution in [2.24, 2.45) is 5.92 Å². The second-order valence-electron chi connectivity index (χ2n) is 4.29. The molecule has 0 aromatic heterocycles. The Morgan fingerprint density at radius 1 is 1.36 bits per heavy atom. The first-order valence-electron chi connectivity index (χ1n) is 4.91. The van der Waals surface area contributed by atoms with Crippen LogP contribution in [0.2, 0.25) is 0 Å². The lowest BCUT2D eigenvalue weighted by Crippen LogP contribution is -2.39. The third-order valence-electron chi connectivity index (χ3n) is 2.57. The number of hydrogen-bond donors (Lipinski definition) is 0. The maximum atomic E-state index is 13.6. The Hall–Kier alpha value is 0.150. The van der Waals surface area contributed by atoms with Gasteiger partial charge in [0.15, 0.2) is 0 Å². The molecule has 0 aromatic rings. The maximum Gasteiger partial charge on any atom is 0.312 e. The normalized spacial score (nSPS) is 27.1. The van der Waals surface area contributed by atoms with E-state index in [1.54, 1.807) is 0 Å². The minimum atomic E-state index is -2.81. The highest BCUT2D eigenvalue weighted by molar-refractivity contribution is 14.1. The molecule has 0 saturated carbocycles. The smallest absolute Gasteiger partial charge is 0.192 e. The van der Waals surface area contributed by atoms with Crippen molar-refractivity contribution in [2.45, 2.75) is 48.9 Å². The summed E-state index contributed by atoms with van der Waals surface area (Å²) in [5.74, 6) is 1.27. The Kier molecular flexibility index (Phi) is 3.79. The van der Waals surface area contributed by atoms with E-state index in [0.717, 1.165) is 12.8 Å². The molecule has 0 aliphatic heterocycles. The third-order valence-corrected chi connectivity index (χ3v) is 3.32. The predicted octanol–water partition coefficient (Wildman–Crippen LogP) is 4.03. The average molecular weight is 312 g/mol. The molecule has 1 atom stereocenters. The van der Waals surface area contributed by atoms with Gasteiger partial charge >= 0.3 is 5.92 Å². The molecule has 0 aromatic carbocycles. The average Bonchev–Trinajstić information content (AvgIpc) is 1.95. The SMILES string of the molecule is CC(C)(I)C1CCCCC#CC1(F)F. The quantitative estimate of drug-likeness (QED) is 0.390. The molecule has 80 valence electrons. The molecule has 0 amide bonds. The zero-order chi connectivity index (χ0) is 10.8. The van der Waals surface area contributed by atoms with Crippen molar-refractivity contribution in [3.63, 3.8) is 0 Å². The van der Waals surface area contributed by atoms with E-state index in [-0.39, 0.29) is 0 Å². The topological polar surface area (TPSA) is 0 Å². The molecule has 3 heteroatoms. The van der Waals surface area contributed by atoms with Gasteiger partial charge in [0, 0.05) is 15.8 Å². The van der Waals surface area contributed by atoms with Crippen molar-refractivity contribution in [3.05, 3.63) is 0 Å². The molecular weight excluding hydrogens is 297 g/mol. The molecule has 0 N–H and O–H groups in total. The highest BCUT2D eigenvalue weighted by Gasteiger charge is 2.45. The van der Waals surface area contributed by atoms with Gasteiger partial charge in [-0.25, -0.2) is 0 Å². The van der Waals surface area contributed by atoms with Crippen molar-refractivity contribution in [3.8, 4) is 11.8 Å². The number of rotatable bonds is 1. The molecule has 0 bridgehead atoms.